The summed E-state index contributed by atoms with van der Waals surface area (Å²) in [4.78, 5) is 23.3. The van der Waals surface area contributed by atoms with Crippen molar-refractivity contribution in [3.63, 3.8) is 0 Å². The van der Waals surface area contributed by atoms with Crippen LogP contribution in [-0.4, -0.2) is 11.4 Å². The topological polar surface area (TPSA) is 67.5 Å². The summed E-state index contributed by atoms with van der Waals surface area (Å²) in [6.45, 7) is 6.11. The van der Waals surface area contributed by atoms with Crippen LogP contribution in [0.5, 0.6) is 5.75 Å². The summed E-state index contributed by atoms with van der Waals surface area (Å²) in [5.74, 6) is -0.169. The first-order chi connectivity index (χ1) is 11.4. The highest BCUT2D eigenvalue weighted by atomic mass is 16.4. The van der Waals surface area contributed by atoms with Gasteiger partial charge in [-0.2, -0.15) is 0 Å². The Morgan fingerprint density at radius 1 is 1.21 bits per heavy atom. The standard InChI is InChI=1S/C20H22O4/c1-13(2)6-4-7-14(3)10-11-16-19(22)18-15(12-21)8-5-9-17(18)24-20(16)23/h5-6,8-10,12,22H,4,7,11H2,1-3H3/b14-10+. The smallest absolute Gasteiger partial charge is 0.343 e. The third kappa shape index (κ3) is 4.02. The minimum absolute atomic E-state index is 0.169. The van der Waals surface area contributed by atoms with E-state index in [2.05, 4.69) is 19.9 Å². The molecule has 0 aliphatic rings. The average molecular weight is 326 g/mol. The molecule has 0 amide bonds. The molecule has 0 aliphatic heterocycles. The van der Waals surface area contributed by atoms with E-state index in [-0.39, 0.29) is 28.7 Å². The average Bonchev–Trinajstić information content (AvgIpc) is 2.53. The fraction of sp³-hybridized carbons (Fsp3) is 0.300. The third-order valence-corrected chi connectivity index (χ3v) is 3.90. The van der Waals surface area contributed by atoms with Crippen molar-refractivity contribution in [1.82, 2.24) is 0 Å². The van der Waals surface area contributed by atoms with Crippen LogP contribution in [0.2, 0.25) is 0 Å². The second-order valence-corrected chi connectivity index (χ2v) is 6.13. The van der Waals surface area contributed by atoms with Crippen LogP contribution in [0.4, 0.5) is 0 Å². The van der Waals surface area contributed by atoms with E-state index in [1.165, 1.54) is 5.57 Å². The van der Waals surface area contributed by atoms with Crippen molar-refractivity contribution in [3.05, 3.63) is 63.0 Å². The molecule has 0 radical (unpaired) electrons. The lowest BCUT2D eigenvalue weighted by Crippen LogP contribution is -2.08. The first-order valence-electron chi connectivity index (χ1n) is 7.96. The number of rotatable bonds is 6. The van der Waals surface area contributed by atoms with Crippen LogP contribution in [0, 0.1) is 0 Å². The highest BCUT2D eigenvalue weighted by molar-refractivity contribution is 5.99. The second kappa shape index (κ2) is 7.77. The molecule has 2 rings (SSSR count). The molecule has 126 valence electrons. The second-order valence-electron chi connectivity index (χ2n) is 6.13. The lowest BCUT2D eigenvalue weighted by atomic mass is 10.0. The summed E-state index contributed by atoms with van der Waals surface area (Å²) in [7, 11) is 0. The number of aromatic hydroxyl groups is 1. The Morgan fingerprint density at radius 2 is 1.96 bits per heavy atom. The molecule has 0 saturated heterocycles. The van der Waals surface area contributed by atoms with Crippen LogP contribution in [-0.2, 0) is 6.42 Å². The van der Waals surface area contributed by atoms with E-state index in [0.29, 0.717) is 11.8 Å². The van der Waals surface area contributed by atoms with Crippen LogP contribution in [0.3, 0.4) is 0 Å². The Kier molecular flexibility index (Phi) is 5.74. The molecule has 1 heterocycles. The van der Waals surface area contributed by atoms with Gasteiger partial charge in [0.25, 0.3) is 0 Å². The maximum Gasteiger partial charge on any atom is 0.343 e. The van der Waals surface area contributed by atoms with Crippen molar-refractivity contribution in [2.24, 2.45) is 0 Å². The van der Waals surface area contributed by atoms with Crippen molar-refractivity contribution >= 4 is 17.3 Å². The maximum absolute atomic E-state index is 12.1. The summed E-state index contributed by atoms with van der Waals surface area (Å²) in [6, 6.07) is 4.76. The predicted octanol–water partition coefficient (Wildman–Crippen LogP) is 4.55. The van der Waals surface area contributed by atoms with Crippen LogP contribution in [0.1, 0.15) is 49.5 Å². The molecule has 2 aromatic rings. The number of hydrogen-bond donors (Lipinski definition) is 1. The Morgan fingerprint density at radius 3 is 2.62 bits per heavy atom. The van der Waals surface area contributed by atoms with Gasteiger partial charge in [0.05, 0.1) is 10.9 Å². The number of fused-ring (bicyclic) bond motifs is 1. The van der Waals surface area contributed by atoms with Crippen LogP contribution in [0.25, 0.3) is 11.0 Å². The fourth-order valence-corrected chi connectivity index (χ4v) is 2.54. The Balaban J connectivity index is 2.34. The molecule has 1 N–H and O–H groups in total. The number of carbonyl (C=O) groups excluding carboxylic acids is 1. The fourth-order valence-electron chi connectivity index (χ4n) is 2.54. The molecule has 0 bridgehead atoms. The molecule has 1 aromatic carbocycles. The van der Waals surface area contributed by atoms with Crippen molar-refractivity contribution < 1.29 is 14.3 Å². The first kappa shape index (κ1) is 17.7. The molecule has 0 unspecified atom stereocenters. The molecule has 0 spiro atoms. The molecule has 0 atom stereocenters. The highest BCUT2D eigenvalue weighted by Crippen LogP contribution is 2.29. The number of hydrogen-bond acceptors (Lipinski definition) is 4. The van der Waals surface area contributed by atoms with Crippen LogP contribution < -0.4 is 5.63 Å². The molecular weight excluding hydrogens is 304 g/mol. The number of benzene rings is 1. The summed E-state index contributed by atoms with van der Waals surface area (Å²) in [5, 5.41) is 10.7. The zero-order valence-electron chi connectivity index (χ0n) is 14.3. The van der Waals surface area contributed by atoms with Crippen molar-refractivity contribution in [2.45, 2.75) is 40.0 Å². The van der Waals surface area contributed by atoms with E-state index in [9.17, 15) is 14.7 Å². The SMILES string of the molecule is CC(C)=CCC/C(C)=C/Cc1c(O)c2c(C=O)cccc2oc1=O. The van der Waals surface area contributed by atoms with E-state index in [1.54, 1.807) is 18.2 Å². The minimum Gasteiger partial charge on any atom is -0.507 e. The van der Waals surface area contributed by atoms with Gasteiger partial charge in [-0.1, -0.05) is 35.4 Å². The van der Waals surface area contributed by atoms with Gasteiger partial charge < -0.3 is 9.52 Å². The number of carbonyl (C=O) groups is 1. The van der Waals surface area contributed by atoms with Gasteiger partial charge in [-0.25, -0.2) is 4.79 Å². The van der Waals surface area contributed by atoms with Crippen molar-refractivity contribution in [1.29, 1.82) is 0 Å². The number of aldehydes is 1. The van der Waals surface area contributed by atoms with Gasteiger partial charge in [0, 0.05) is 12.0 Å². The first-order valence-corrected chi connectivity index (χ1v) is 7.96. The van der Waals surface area contributed by atoms with Gasteiger partial charge in [0.1, 0.15) is 11.3 Å². The van der Waals surface area contributed by atoms with Gasteiger partial charge in [-0.05, 0) is 39.7 Å². The quantitative estimate of drug-likeness (QED) is 0.480. The lowest BCUT2D eigenvalue weighted by molar-refractivity contribution is 0.112. The zero-order valence-corrected chi connectivity index (χ0v) is 14.3. The molecular formula is C20H22O4. The largest absolute Gasteiger partial charge is 0.507 e. The molecule has 0 saturated carbocycles. The molecule has 4 heteroatoms. The van der Waals surface area contributed by atoms with Gasteiger partial charge in [0.2, 0.25) is 0 Å². The number of allylic oxidation sites excluding steroid dienone is 4. The van der Waals surface area contributed by atoms with Crippen molar-refractivity contribution in [3.8, 4) is 5.75 Å². The van der Waals surface area contributed by atoms with Gasteiger partial charge in [0.15, 0.2) is 6.29 Å². The van der Waals surface area contributed by atoms with Gasteiger partial charge in [-0.3, -0.25) is 4.79 Å². The highest BCUT2D eigenvalue weighted by Gasteiger charge is 2.15. The minimum atomic E-state index is -0.573. The predicted molar refractivity (Wildman–Crippen MR) is 95.7 cm³/mol. The summed E-state index contributed by atoms with van der Waals surface area (Å²) < 4.78 is 5.25. The van der Waals surface area contributed by atoms with Crippen molar-refractivity contribution in [2.75, 3.05) is 0 Å². The Bertz CT molecular complexity index is 865. The monoisotopic (exact) mass is 326 g/mol. The Hall–Kier alpha value is -2.62. The summed E-state index contributed by atoms with van der Waals surface area (Å²) in [5.41, 5.74) is 2.54. The van der Waals surface area contributed by atoms with E-state index in [4.69, 9.17) is 4.42 Å². The van der Waals surface area contributed by atoms with Crippen LogP contribution >= 0.6 is 0 Å². The van der Waals surface area contributed by atoms with E-state index in [1.807, 2.05) is 13.0 Å². The Labute approximate surface area is 141 Å². The third-order valence-electron chi connectivity index (χ3n) is 3.90. The molecule has 4 nitrogen and oxygen atoms in total. The molecule has 0 fully saturated rings. The van der Waals surface area contributed by atoms with Crippen LogP contribution in [0.15, 0.2) is 50.7 Å². The van der Waals surface area contributed by atoms with Gasteiger partial charge in [-0.15, -0.1) is 0 Å². The summed E-state index contributed by atoms with van der Waals surface area (Å²) in [6.07, 6.45) is 6.84. The lowest BCUT2D eigenvalue weighted by Gasteiger charge is -2.07. The summed E-state index contributed by atoms with van der Waals surface area (Å²) >= 11 is 0. The maximum atomic E-state index is 12.1. The van der Waals surface area contributed by atoms with E-state index >= 15 is 0 Å². The van der Waals surface area contributed by atoms with Gasteiger partial charge >= 0.3 is 5.63 Å². The molecule has 0 aliphatic carbocycles. The molecule has 24 heavy (non-hydrogen) atoms. The molecule has 1 aromatic heterocycles. The van der Waals surface area contributed by atoms with E-state index < -0.39 is 5.63 Å². The normalized spacial score (nSPS) is 11.5. The van der Waals surface area contributed by atoms with E-state index in [0.717, 1.165) is 18.4 Å². The zero-order chi connectivity index (χ0) is 17.7.